The fraction of sp³-hybridized carbons (Fsp3) is 0.467. The number of hydrogen-bond donors (Lipinski definition) is 2. The molecule has 2 atom stereocenters. The summed E-state index contributed by atoms with van der Waals surface area (Å²) in [5.41, 5.74) is 7.41. The topological polar surface area (TPSA) is 72.2 Å². The predicted octanol–water partition coefficient (Wildman–Crippen LogP) is 1.67. The van der Waals surface area contributed by atoms with E-state index >= 15 is 0 Å². The molecule has 1 aliphatic heterocycles. The van der Waals surface area contributed by atoms with Gasteiger partial charge in [-0.25, -0.2) is 9.59 Å². The van der Waals surface area contributed by atoms with Crippen LogP contribution in [0.3, 0.4) is 0 Å². The van der Waals surface area contributed by atoms with Gasteiger partial charge in [0.1, 0.15) is 13.1 Å². The first-order valence-electron chi connectivity index (χ1n) is 7.10. The van der Waals surface area contributed by atoms with E-state index in [1.165, 1.54) is 0 Å². The van der Waals surface area contributed by atoms with E-state index in [-0.39, 0.29) is 23.0 Å². The smallest absolute Gasteiger partial charge is 0.318 e. The molecule has 0 spiro atoms. The van der Waals surface area contributed by atoms with E-state index in [4.69, 9.17) is 5.73 Å². The minimum atomic E-state index is -0.565. The van der Waals surface area contributed by atoms with Crippen molar-refractivity contribution in [1.82, 2.24) is 9.80 Å². The van der Waals surface area contributed by atoms with Crippen molar-refractivity contribution in [2.24, 2.45) is 11.7 Å². The first kappa shape index (κ1) is 13.3. The monoisotopic (exact) mass is 274 g/mol. The Morgan fingerprint density at radius 1 is 1.40 bits per heavy atom. The largest absolute Gasteiger partial charge is 0.426 e. The molecular formula is C15H20N3O2+. The molecule has 0 bridgehead atoms. The molecule has 0 saturated heterocycles. The van der Waals surface area contributed by atoms with E-state index in [0.29, 0.717) is 12.5 Å². The average molecular weight is 274 g/mol. The van der Waals surface area contributed by atoms with Crippen LogP contribution in [0.5, 0.6) is 0 Å². The van der Waals surface area contributed by atoms with Gasteiger partial charge in [-0.3, -0.25) is 5.32 Å². The van der Waals surface area contributed by atoms with E-state index in [1.54, 1.807) is 0 Å². The van der Waals surface area contributed by atoms with Crippen LogP contribution >= 0.6 is 0 Å². The Morgan fingerprint density at radius 2 is 2.10 bits per heavy atom. The van der Waals surface area contributed by atoms with Crippen LogP contribution in [0.1, 0.15) is 31.4 Å². The number of fused-ring (bicyclic) bond motifs is 1. The van der Waals surface area contributed by atoms with Crippen molar-refractivity contribution in [3.05, 3.63) is 29.8 Å². The van der Waals surface area contributed by atoms with Crippen molar-refractivity contribution in [2.75, 3.05) is 13.1 Å². The molecule has 3 rings (SSSR count). The fourth-order valence-electron chi connectivity index (χ4n) is 3.04. The normalized spacial score (nSPS) is 29.6. The maximum absolute atomic E-state index is 12.7. The summed E-state index contributed by atoms with van der Waals surface area (Å²) in [6, 6.07) is 7.10. The van der Waals surface area contributed by atoms with Gasteiger partial charge in [-0.1, -0.05) is 18.2 Å². The number of urea groups is 1. The maximum Gasteiger partial charge on any atom is 0.426 e. The lowest BCUT2D eigenvalue weighted by molar-refractivity contribution is -0.126. The van der Waals surface area contributed by atoms with Gasteiger partial charge in [0.25, 0.3) is 0 Å². The maximum atomic E-state index is 12.7. The van der Waals surface area contributed by atoms with Gasteiger partial charge in [-0.2, -0.15) is 0 Å². The number of nitrogens with zero attached hydrogens (tertiary/aromatic N) is 1. The molecule has 2 aliphatic rings. The summed E-state index contributed by atoms with van der Waals surface area (Å²) in [5.74, 6) is 0.272. The molecule has 1 fully saturated rings. The van der Waals surface area contributed by atoms with Gasteiger partial charge < -0.3 is 5.73 Å². The zero-order valence-corrected chi connectivity index (χ0v) is 11.6. The highest BCUT2D eigenvalue weighted by Crippen LogP contribution is 2.39. The summed E-state index contributed by atoms with van der Waals surface area (Å²) < 4.78 is -0.335. The van der Waals surface area contributed by atoms with E-state index in [0.717, 1.165) is 24.1 Å². The Labute approximate surface area is 118 Å². The SMILES string of the molecule is CC1NCC(=O)[N+](CC2CC2)(C(N)=O)c2ccccc21. The summed E-state index contributed by atoms with van der Waals surface area (Å²) in [7, 11) is 0. The Morgan fingerprint density at radius 3 is 2.75 bits per heavy atom. The number of benzene rings is 1. The summed E-state index contributed by atoms with van der Waals surface area (Å²) in [6.45, 7) is 2.68. The number of hydrogen-bond acceptors (Lipinski definition) is 3. The third-order valence-corrected chi connectivity index (χ3v) is 4.40. The van der Waals surface area contributed by atoms with Crippen molar-refractivity contribution >= 4 is 17.6 Å². The summed E-state index contributed by atoms with van der Waals surface area (Å²) in [6.07, 6.45) is 2.15. The third-order valence-electron chi connectivity index (χ3n) is 4.40. The highest BCUT2D eigenvalue weighted by Gasteiger charge is 2.51. The van der Waals surface area contributed by atoms with Crippen molar-refractivity contribution in [2.45, 2.75) is 25.8 Å². The summed E-state index contributed by atoms with van der Waals surface area (Å²) >= 11 is 0. The minimum absolute atomic E-state index is 0.0358. The highest BCUT2D eigenvalue weighted by atomic mass is 16.2. The van der Waals surface area contributed by atoms with E-state index < -0.39 is 6.03 Å². The number of para-hydroxylation sites is 1. The van der Waals surface area contributed by atoms with Crippen LogP contribution in [0.2, 0.25) is 0 Å². The lowest BCUT2D eigenvalue weighted by atomic mass is 10.0. The quantitative estimate of drug-likeness (QED) is 0.806. The molecule has 0 radical (unpaired) electrons. The van der Waals surface area contributed by atoms with Crippen molar-refractivity contribution in [3.8, 4) is 0 Å². The van der Waals surface area contributed by atoms with Crippen LogP contribution in [0.25, 0.3) is 0 Å². The second-order valence-electron chi connectivity index (χ2n) is 5.83. The number of amides is 3. The average Bonchev–Trinajstić information content (AvgIpc) is 3.25. The number of quaternary nitrogens is 1. The van der Waals surface area contributed by atoms with E-state index in [9.17, 15) is 9.59 Å². The van der Waals surface area contributed by atoms with Gasteiger partial charge in [0.05, 0.1) is 0 Å². The molecule has 2 unspecified atom stereocenters. The first-order chi connectivity index (χ1) is 9.55. The Kier molecular flexibility index (Phi) is 3.11. The fourth-order valence-corrected chi connectivity index (χ4v) is 3.04. The second kappa shape index (κ2) is 4.68. The number of carbonyl (C=O) groups is 2. The molecule has 3 amide bonds. The Balaban J connectivity index is 2.20. The third kappa shape index (κ3) is 1.94. The van der Waals surface area contributed by atoms with Gasteiger partial charge in [0.15, 0.2) is 5.69 Å². The predicted molar refractivity (Wildman–Crippen MR) is 76.8 cm³/mol. The van der Waals surface area contributed by atoms with E-state index in [2.05, 4.69) is 5.32 Å². The van der Waals surface area contributed by atoms with Gasteiger partial charge in [0.2, 0.25) is 0 Å². The van der Waals surface area contributed by atoms with Crippen LogP contribution in [-0.4, -0.2) is 25.0 Å². The Bertz CT molecular complexity index is 568. The number of nitrogens with one attached hydrogen (secondary N) is 1. The molecule has 5 nitrogen and oxygen atoms in total. The molecule has 1 aromatic rings. The molecule has 0 aromatic heterocycles. The standard InChI is InChI=1S/C15H19N3O2/c1-10-12-4-2-3-5-13(12)18(15(16)20,9-11-6-7-11)14(19)8-17-10/h2-5,10-11,17H,6-9H2,1H3,(H-,16,20)/p+1. The van der Waals surface area contributed by atoms with Gasteiger partial charge in [-0.05, 0) is 19.8 Å². The Hall–Kier alpha value is -1.72. The molecule has 106 valence electrons. The van der Waals surface area contributed by atoms with Crippen molar-refractivity contribution < 1.29 is 9.59 Å². The van der Waals surface area contributed by atoms with Crippen LogP contribution in [-0.2, 0) is 4.79 Å². The zero-order valence-electron chi connectivity index (χ0n) is 11.6. The van der Waals surface area contributed by atoms with Gasteiger partial charge >= 0.3 is 11.9 Å². The molecule has 1 aliphatic carbocycles. The van der Waals surface area contributed by atoms with E-state index in [1.807, 2.05) is 31.2 Å². The number of primary amides is 1. The summed E-state index contributed by atoms with van der Waals surface area (Å²) in [5, 5.41) is 3.18. The number of imide groups is 1. The molecule has 3 N–H and O–H groups in total. The highest BCUT2D eigenvalue weighted by molar-refractivity contribution is 6.09. The first-order valence-corrected chi connectivity index (χ1v) is 7.10. The summed E-state index contributed by atoms with van der Waals surface area (Å²) in [4.78, 5) is 24.9. The lowest BCUT2D eigenvalue weighted by Crippen LogP contribution is -2.63. The van der Waals surface area contributed by atoms with Crippen LogP contribution in [0.15, 0.2) is 24.3 Å². The van der Waals surface area contributed by atoms with Crippen molar-refractivity contribution in [1.29, 1.82) is 0 Å². The van der Waals surface area contributed by atoms with Crippen LogP contribution < -0.4 is 15.5 Å². The lowest BCUT2D eigenvalue weighted by Gasteiger charge is -2.31. The van der Waals surface area contributed by atoms with Gasteiger partial charge in [-0.15, -0.1) is 4.48 Å². The molecule has 20 heavy (non-hydrogen) atoms. The van der Waals surface area contributed by atoms with Gasteiger partial charge in [0, 0.05) is 23.6 Å². The minimum Gasteiger partial charge on any atom is -0.318 e. The molecule has 1 saturated carbocycles. The molecule has 1 heterocycles. The molecular weight excluding hydrogens is 254 g/mol. The number of rotatable bonds is 2. The van der Waals surface area contributed by atoms with Crippen LogP contribution in [0, 0.1) is 5.92 Å². The molecule has 1 aromatic carbocycles. The zero-order chi connectivity index (χ0) is 14.3. The molecule has 5 heteroatoms. The number of nitrogens with two attached hydrogens (primary N) is 1. The van der Waals surface area contributed by atoms with Crippen molar-refractivity contribution in [3.63, 3.8) is 0 Å². The van der Waals surface area contributed by atoms with Crippen LogP contribution in [0.4, 0.5) is 10.5 Å². The number of carbonyl (C=O) groups excluding carboxylic acids is 2. The second-order valence-corrected chi connectivity index (χ2v) is 5.83.